The number of carbonyl (C=O) groups is 1. The second-order valence-electron chi connectivity index (χ2n) is 10.6. The van der Waals surface area contributed by atoms with Gasteiger partial charge in [-0.3, -0.25) is 4.79 Å². The highest BCUT2D eigenvalue weighted by molar-refractivity contribution is 7.09. The molecule has 1 aromatic rings. The van der Waals surface area contributed by atoms with Gasteiger partial charge in [-0.05, 0) is 50.7 Å². The number of aromatic nitrogens is 1. The monoisotopic (exact) mass is 479 g/mol. The summed E-state index contributed by atoms with van der Waals surface area (Å²) in [6.45, 7) is 11.7. The van der Waals surface area contributed by atoms with Crippen LogP contribution >= 0.6 is 11.3 Å². The maximum Gasteiger partial charge on any atom is 0.146 e. The van der Waals surface area contributed by atoms with Gasteiger partial charge < -0.3 is 19.7 Å². The molecule has 0 amide bonds. The summed E-state index contributed by atoms with van der Waals surface area (Å²) >= 11 is 1.63. The van der Waals surface area contributed by atoms with Gasteiger partial charge in [-0.15, -0.1) is 11.3 Å². The third kappa shape index (κ3) is 6.73. The molecule has 7 atom stereocenters. The number of aliphatic hydroxyl groups is 2. The number of aliphatic hydroxyl groups excluding tert-OH is 2. The first-order valence-electron chi connectivity index (χ1n) is 12.3. The lowest BCUT2D eigenvalue weighted by molar-refractivity contribution is -0.142. The molecule has 0 radical (unpaired) electrons. The number of rotatable bonds is 2. The minimum Gasteiger partial charge on any atom is -0.392 e. The molecule has 33 heavy (non-hydrogen) atoms. The zero-order valence-corrected chi connectivity index (χ0v) is 21.7. The van der Waals surface area contributed by atoms with Crippen molar-refractivity contribution in [3.8, 4) is 0 Å². The zero-order valence-electron chi connectivity index (χ0n) is 20.9. The van der Waals surface area contributed by atoms with Crippen LogP contribution in [0.4, 0.5) is 0 Å². The van der Waals surface area contributed by atoms with Crippen LogP contribution in [-0.2, 0) is 14.3 Å². The number of hydrogen-bond acceptors (Lipinski definition) is 7. The van der Waals surface area contributed by atoms with Gasteiger partial charge in [0.05, 0.1) is 41.2 Å². The lowest BCUT2D eigenvalue weighted by Crippen LogP contribution is -2.45. The Morgan fingerprint density at radius 3 is 2.61 bits per heavy atom. The van der Waals surface area contributed by atoms with Gasteiger partial charge in [-0.1, -0.05) is 34.1 Å². The highest BCUT2D eigenvalue weighted by Crippen LogP contribution is 2.36. The minimum atomic E-state index is -0.955. The molecule has 0 aromatic carbocycles. The summed E-state index contributed by atoms with van der Waals surface area (Å²) in [5.74, 6) is -0.605. The average Bonchev–Trinajstić information content (AvgIpc) is 3.38. The second-order valence-corrected chi connectivity index (χ2v) is 11.6. The van der Waals surface area contributed by atoms with Gasteiger partial charge in [0.2, 0.25) is 0 Å². The maximum absolute atomic E-state index is 13.2. The molecular formula is C26H41NO5S. The van der Waals surface area contributed by atoms with Crippen molar-refractivity contribution in [3.63, 3.8) is 0 Å². The molecule has 1 aromatic heterocycles. The van der Waals surface area contributed by atoms with E-state index in [1.807, 2.05) is 19.2 Å². The third-order valence-electron chi connectivity index (χ3n) is 7.49. The van der Waals surface area contributed by atoms with Crippen LogP contribution in [-0.4, -0.2) is 58.1 Å². The lowest BCUT2D eigenvalue weighted by Gasteiger charge is -2.35. The molecule has 2 saturated heterocycles. The van der Waals surface area contributed by atoms with Gasteiger partial charge in [-0.25, -0.2) is 4.98 Å². The van der Waals surface area contributed by atoms with E-state index >= 15 is 0 Å². The number of carbonyl (C=O) groups excluding carboxylic acids is 1. The number of thiazole rings is 1. The summed E-state index contributed by atoms with van der Waals surface area (Å²) in [7, 11) is 0. The number of Topliss-reactive ketones (excluding diaryl/α,β-unsaturated/α-hetero) is 1. The van der Waals surface area contributed by atoms with Crippen LogP contribution in [0.5, 0.6) is 0 Å². The van der Waals surface area contributed by atoms with Crippen LogP contribution in [0.15, 0.2) is 11.0 Å². The van der Waals surface area contributed by atoms with Crippen LogP contribution in [0.1, 0.15) is 77.4 Å². The molecule has 3 rings (SSSR count). The summed E-state index contributed by atoms with van der Waals surface area (Å²) in [6.07, 6.45) is 4.65. The summed E-state index contributed by atoms with van der Waals surface area (Å²) in [5, 5.41) is 24.7. The van der Waals surface area contributed by atoms with Gasteiger partial charge in [0.1, 0.15) is 5.78 Å². The highest BCUT2D eigenvalue weighted by atomic mass is 32.1. The van der Waals surface area contributed by atoms with E-state index in [1.165, 1.54) is 0 Å². The first-order valence-corrected chi connectivity index (χ1v) is 13.2. The van der Waals surface area contributed by atoms with Crippen molar-refractivity contribution in [1.82, 2.24) is 4.98 Å². The van der Waals surface area contributed by atoms with Crippen molar-refractivity contribution in [3.05, 3.63) is 21.7 Å². The fourth-order valence-electron chi connectivity index (χ4n) is 4.90. The van der Waals surface area contributed by atoms with Crippen molar-refractivity contribution >= 4 is 23.2 Å². The lowest BCUT2D eigenvalue weighted by atomic mass is 9.73. The Bertz CT molecular complexity index is 834. The van der Waals surface area contributed by atoms with Crippen LogP contribution in [0.3, 0.4) is 0 Å². The van der Waals surface area contributed by atoms with Crippen LogP contribution in [0, 0.1) is 24.2 Å². The van der Waals surface area contributed by atoms with Crippen LogP contribution in [0.25, 0.3) is 6.08 Å². The first kappa shape index (κ1) is 26.5. The average molecular weight is 480 g/mol. The molecular weight excluding hydrogens is 438 g/mol. The Kier molecular flexibility index (Phi) is 8.89. The van der Waals surface area contributed by atoms with E-state index in [4.69, 9.17) is 9.47 Å². The van der Waals surface area contributed by atoms with E-state index in [-0.39, 0.29) is 30.0 Å². The summed E-state index contributed by atoms with van der Waals surface area (Å²) in [5.41, 5.74) is 1.07. The van der Waals surface area contributed by atoms with E-state index < -0.39 is 23.5 Å². The van der Waals surface area contributed by atoms with E-state index in [2.05, 4.69) is 18.0 Å². The predicted octanol–water partition coefficient (Wildman–Crippen LogP) is 4.56. The van der Waals surface area contributed by atoms with E-state index in [0.717, 1.165) is 42.0 Å². The molecule has 0 aliphatic carbocycles. The van der Waals surface area contributed by atoms with Crippen LogP contribution in [0.2, 0.25) is 0 Å². The molecule has 2 fully saturated rings. The molecule has 2 aliphatic heterocycles. The largest absolute Gasteiger partial charge is 0.392 e. The molecule has 0 saturated carbocycles. The smallest absolute Gasteiger partial charge is 0.146 e. The number of nitrogens with zero attached hydrogens (tertiary/aromatic N) is 1. The number of hydrogen-bond donors (Lipinski definition) is 2. The number of ether oxygens (including phenoxy) is 2. The van der Waals surface area contributed by atoms with E-state index in [1.54, 1.807) is 32.1 Å². The fourth-order valence-corrected chi connectivity index (χ4v) is 5.47. The number of aryl methyl sites for hydroxylation is 1. The normalized spacial score (nSPS) is 36.9. The minimum absolute atomic E-state index is 0.0184. The summed E-state index contributed by atoms with van der Waals surface area (Å²) in [4.78, 5) is 17.7. The fraction of sp³-hybridized carbons (Fsp3) is 0.769. The van der Waals surface area contributed by atoms with Crippen molar-refractivity contribution in [1.29, 1.82) is 0 Å². The summed E-state index contributed by atoms with van der Waals surface area (Å²) in [6, 6.07) is 0. The molecule has 186 valence electrons. The molecule has 2 N–H and O–H groups in total. The molecule has 0 unspecified atom stereocenters. The molecule has 0 spiro atoms. The van der Waals surface area contributed by atoms with Gasteiger partial charge in [-0.2, -0.15) is 0 Å². The Morgan fingerprint density at radius 2 is 1.94 bits per heavy atom. The van der Waals surface area contributed by atoms with Gasteiger partial charge in [0.25, 0.3) is 0 Å². The topological polar surface area (TPSA) is 92.2 Å². The Hall–Kier alpha value is -1.12. The highest BCUT2D eigenvalue weighted by Gasteiger charge is 2.43. The summed E-state index contributed by atoms with van der Waals surface area (Å²) < 4.78 is 12.2. The van der Waals surface area contributed by atoms with Crippen molar-refractivity contribution in [2.45, 2.75) is 104 Å². The molecule has 2 aliphatic rings. The van der Waals surface area contributed by atoms with E-state index in [0.29, 0.717) is 13.0 Å². The maximum atomic E-state index is 13.2. The standard InChI is InChI=1S/C26H41NO5S/c1-15-8-7-9-20-22(32-20)13-21(16(2)12-19-14-33-18(4)27-19)31-11-10-23(28)26(5,6)25(30)17(3)24(15)29/h12,14-15,17,20-24,28-29H,7-11,13H2,1-6H3/b16-12+/t15-,17+,20+,21-,22+,23-,24-/m1/s1. The molecule has 7 heteroatoms. The Morgan fingerprint density at radius 1 is 1.21 bits per heavy atom. The molecule has 0 bridgehead atoms. The SMILES string of the molecule is C/C(=C\c1csc(C)n1)[C@H]1C[C@@H]2O[C@H]2CCC[C@@H](C)[C@@H](O)[C@H](C)C(=O)C(C)(C)[C@H](O)CCO1. The van der Waals surface area contributed by atoms with Gasteiger partial charge in [0.15, 0.2) is 0 Å². The number of ketones is 1. The zero-order chi connectivity index (χ0) is 24.3. The third-order valence-corrected chi connectivity index (χ3v) is 8.28. The van der Waals surface area contributed by atoms with E-state index in [9.17, 15) is 15.0 Å². The second kappa shape index (κ2) is 11.1. The Balaban J connectivity index is 1.75. The predicted molar refractivity (Wildman–Crippen MR) is 131 cm³/mol. The van der Waals surface area contributed by atoms with Crippen molar-refractivity contribution in [2.24, 2.45) is 17.3 Å². The van der Waals surface area contributed by atoms with Crippen LogP contribution < -0.4 is 0 Å². The number of epoxide rings is 1. The molecule has 6 nitrogen and oxygen atoms in total. The first-order chi connectivity index (χ1) is 15.5. The quantitative estimate of drug-likeness (QED) is 0.604. The number of fused-ring (bicyclic) bond motifs is 1. The van der Waals surface area contributed by atoms with Crippen molar-refractivity contribution < 1.29 is 24.5 Å². The van der Waals surface area contributed by atoms with Gasteiger partial charge in [0, 0.05) is 29.7 Å². The Labute approximate surface area is 202 Å². The molecule has 3 heterocycles. The van der Waals surface area contributed by atoms with Gasteiger partial charge >= 0.3 is 0 Å². The van der Waals surface area contributed by atoms with Crippen molar-refractivity contribution in [2.75, 3.05) is 6.61 Å².